The first kappa shape index (κ1) is 26.6. The van der Waals surface area contributed by atoms with Crippen molar-refractivity contribution < 1.29 is 37.0 Å². The number of nitrogens with one attached hydrogen (secondary N) is 2. The van der Waals surface area contributed by atoms with Crippen LogP contribution in [0.25, 0.3) is 5.57 Å². The van der Waals surface area contributed by atoms with Crippen LogP contribution in [-0.4, -0.2) is 29.6 Å². The molecule has 0 aromatic heterocycles. The molecule has 0 saturated carbocycles. The maximum Gasteiger partial charge on any atom is 0.416 e. The molecule has 1 heterocycles. The Labute approximate surface area is 215 Å². The third-order valence-corrected chi connectivity index (χ3v) is 5.65. The van der Waals surface area contributed by atoms with Crippen LogP contribution in [-0.2, 0) is 15.8 Å². The third kappa shape index (κ3) is 6.46. The smallest absolute Gasteiger partial charge is 0.416 e. The second-order valence-electron chi connectivity index (χ2n) is 8.33. The molecule has 1 aliphatic heterocycles. The van der Waals surface area contributed by atoms with Gasteiger partial charge in [-0.3, -0.25) is 9.59 Å². The highest BCUT2D eigenvalue weighted by atomic mass is 19.4. The molecule has 0 spiro atoms. The van der Waals surface area contributed by atoms with Crippen LogP contribution in [0, 0.1) is 5.82 Å². The van der Waals surface area contributed by atoms with Gasteiger partial charge in [-0.15, -0.1) is 0 Å². The maximum absolute atomic E-state index is 13.4. The van der Waals surface area contributed by atoms with Crippen LogP contribution in [0.4, 0.5) is 28.9 Å². The van der Waals surface area contributed by atoms with E-state index in [0.717, 1.165) is 12.1 Å². The number of carbonyl (C=O) groups excluding carboxylic acids is 2. The molecule has 3 N–H and O–H groups in total. The molecule has 1 atom stereocenters. The number of hydrogen-bond donors (Lipinski definition) is 3. The highest BCUT2D eigenvalue weighted by Gasteiger charge is 2.30. The van der Waals surface area contributed by atoms with Crippen molar-refractivity contribution in [2.75, 3.05) is 17.2 Å². The average Bonchev–Trinajstić information content (AvgIpc) is 2.88. The highest BCUT2D eigenvalue weighted by molar-refractivity contribution is 6.02. The van der Waals surface area contributed by atoms with E-state index in [1.54, 1.807) is 12.1 Å². The van der Waals surface area contributed by atoms with Gasteiger partial charge < -0.3 is 20.5 Å². The molecule has 196 valence electrons. The Kier molecular flexibility index (Phi) is 7.92. The van der Waals surface area contributed by atoms with Crippen molar-refractivity contribution in [2.45, 2.75) is 18.7 Å². The minimum absolute atomic E-state index is 0.147. The number of rotatable bonds is 7. The van der Waals surface area contributed by atoms with Crippen molar-refractivity contribution in [3.8, 4) is 5.75 Å². The molecule has 1 unspecified atom stereocenters. The number of halogens is 4. The van der Waals surface area contributed by atoms with Gasteiger partial charge in [0.05, 0.1) is 11.3 Å². The number of aliphatic hydroxyl groups excluding tert-OH is 1. The molecule has 0 fully saturated rings. The summed E-state index contributed by atoms with van der Waals surface area (Å²) in [4.78, 5) is 24.6. The summed E-state index contributed by atoms with van der Waals surface area (Å²) < 4.78 is 57.9. The second-order valence-corrected chi connectivity index (χ2v) is 8.33. The van der Waals surface area contributed by atoms with Crippen molar-refractivity contribution in [3.05, 3.63) is 107 Å². The fourth-order valence-corrected chi connectivity index (χ4v) is 3.78. The van der Waals surface area contributed by atoms with Gasteiger partial charge in [-0.1, -0.05) is 36.4 Å². The zero-order valence-corrected chi connectivity index (χ0v) is 19.8. The molecule has 1 aliphatic rings. The number of hydrogen-bond acceptors (Lipinski definition) is 4. The Morgan fingerprint density at radius 3 is 2.32 bits per heavy atom. The van der Waals surface area contributed by atoms with Crippen LogP contribution >= 0.6 is 0 Å². The molecular weight excluding hydrogens is 504 g/mol. The molecule has 0 bridgehead atoms. The van der Waals surface area contributed by atoms with E-state index in [1.807, 2.05) is 0 Å². The molecule has 10 heteroatoms. The SMILES string of the molecule is O=C(/C=C/C=C(/c1ccc(F)cc1)c1ccc(C(F)(F)F)cc1)Nc1ccc2c(c1)NC(=O)C(CCO)O2. The lowest BCUT2D eigenvalue weighted by molar-refractivity contribution is -0.137. The van der Waals surface area contributed by atoms with Gasteiger partial charge >= 0.3 is 6.18 Å². The van der Waals surface area contributed by atoms with Crippen molar-refractivity contribution >= 4 is 28.8 Å². The van der Waals surface area contributed by atoms with Crippen LogP contribution < -0.4 is 15.4 Å². The van der Waals surface area contributed by atoms with E-state index in [9.17, 15) is 27.2 Å². The fourth-order valence-electron chi connectivity index (χ4n) is 3.78. The molecule has 0 aliphatic carbocycles. The minimum Gasteiger partial charge on any atom is -0.478 e. The Morgan fingerprint density at radius 2 is 1.68 bits per heavy atom. The number of allylic oxidation sites excluding steroid dienone is 2. The van der Waals surface area contributed by atoms with Crippen LogP contribution in [0.2, 0.25) is 0 Å². The maximum atomic E-state index is 13.4. The van der Waals surface area contributed by atoms with Gasteiger partial charge in [0.1, 0.15) is 11.6 Å². The number of alkyl halides is 3. The molecule has 6 nitrogen and oxygen atoms in total. The lowest BCUT2D eigenvalue weighted by atomic mass is 9.96. The molecular formula is C28H22F4N2O4. The largest absolute Gasteiger partial charge is 0.478 e. The Balaban J connectivity index is 1.51. The first-order chi connectivity index (χ1) is 18.1. The third-order valence-electron chi connectivity index (χ3n) is 5.65. The molecule has 2 amide bonds. The highest BCUT2D eigenvalue weighted by Crippen LogP contribution is 2.33. The van der Waals surface area contributed by atoms with Gasteiger partial charge in [-0.2, -0.15) is 13.2 Å². The van der Waals surface area contributed by atoms with E-state index >= 15 is 0 Å². The molecule has 3 aromatic carbocycles. The summed E-state index contributed by atoms with van der Waals surface area (Å²) in [5, 5.41) is 14.4. The fraction of sp³-hybridized carbons (Fsp3) is 0.143. The number of ether oxygens (including phenoxy) is 1. The summed E-state index contributed by atoms with van der Waals surface area (Å²) in [7, 11) is 0. The van der Waals surface area contributed by atoms with Gasteiger partial charge in [0.25, 0.3) is 5.91 Å². The number of carbonyl (C=O) groups is 2. The van der Waals surface area contributed by atoms with Crippen LogP contribution in [0.3, 0.4) is 0 Å². The second kappa shape index (κ2) is 11.3. The van der Waals surface area contributed by atoms with Gasteiger partial charge in [0, 0.05) is 24.8 Å². The standard InChI is InChI=1S/C28H22F4N2O4/c29-20-10-6-18(7-11-20)22(17-4-8-19(9-5-17)28(30,31)32)2-1-3-26(36)33-21-12-13-24-23(16-21)34-27(37)25(38-24)14-15-35/h1-13,16,25,35H,14-15H2,(H,33,36)(H,34,37)/b3-1+,22-2+. The minimum atomic E-state index is -4.48. The lowest BCUT2D eigenvalue weighted by Crippen LogP contribution is -2.37. The monoisotopic (exact) mass is 526 g/mol. The van der Waals surface area contributed by atoms with Crippen molar-refractivity contribution in [3.63, 3.8) is 0 Å². The number of amides is 2. The molecule has 0 radical (unpaired) electrons. The van der Waals surface area contributed by atoms with Gasteiger partial charge in [0.15, 0.2) is 6.10 Å². The van der Waals surface area contributed by atoms with Crippen LogP contribution in [0.1, 0.15) is 23.1 Å². The summed E-state index contributed by atoms with van der Waals surface area (Å²) in [6.45, 7) is -0.204. The Bertz CT molecular complexity index is 1380. The topological polar surface area (TPSA) is 87.7 Å². The van der Waals surface area contributed by atoms with Crippen molar-refractivity contribution in [1.82, 2.24) is 0 Å². The lowest BCUT2D eigenvalue weighted by Gasteiger charge is -2.25. The number of benzene rings is 3. The normalized spacial score (nSPS) is 15.6. The summed E-state index contributed by atoms with van der Waals surface area (Å²) in [5.74, 6) is -0.976. The van der Waals surface area contributed by atoms with Crippen molar-refractivity contribution in [1.29, 1.82) is 0 Å². The average molecular weight is 526 g/mol. The number of anilines is 2. The predicted molar refractivity (Wildman–Crippen MR) is 134 cm³/mol. The van der Waals surface area contributed by atoms with Crippen molar-refractivity contribution in [2.24, 2.45) is 0 Å². The summed E-state index contributed by atoms with van der Waals surface area (Å²) in [5.41, 5.74) is 1.42. The Hall–Kier alpha value is -4.44. The van der Waals surface area contributed by atoms with E-state index in [0.29, 0.717) is 33.8 Å². The van der Waals surface area contributed by atoms with Crippen LogP contribution in [0.5, 0.6) is 5.75 Å². The van der Waals surface area contributed by atoms with Gasteiger partial charge in [-0.25, -0.2) is 4.39 Å². The first-order valence-corrected chi connectivity index (χ1v) is 11.5. The van der Waals surface area contributed by atoms with E-state index in [-0.39, 0.29) is 13.0 Å². The molecule has 3 aromatic rings. The summed E-state index contributed by atoms with van der Waals surface area (Å²) in [6.07, 6.45) is -0.953. The first-order valence-electron chi connectivity index (χ1n) is 11.5. The summed E-state index contributed by atoms with van der Waals surface area (Å²) >= 11 is 0. The predicted octanol–water partition coefficient (Wildman–Crippen LogP) is 5.55. The quantitative estimate of drug-likeness (QED) is 0.214. The molecule has 38 heavy (non-hydrogen) atoms. The molecule has 0 saturated heterocycles. The molecule has 4 rings (SSSR count). The number of aliphatic hydroxyl groups is 1. The number of fused-ring (bicyclic) bond motifs is 1. The zero-order valence-electron chi connectivity index (χ0n) is 19.8. The van der Waals surface area contributed by atoms with E-state index in [2.05, 4.69) is 10.6 Å². The van der Waals surface area contributed by atoms with E-state index in [1.165, 1.54) is 60.7 Å². The van der Waals surface area contributed by atoms with Gasteiger partial charge in [-0.05, 0) is 59.2 Å². The van der Waals surface area contributed by atoms with E-state index < -0.39 is 35.5 Å². The van der Waals surface area contributed by atoms with Crippen LogP contribution in [0.15, 0.2) is 85.0 Å². The van der Waals surface area contributed by atoms with E-state index in [4.69, 9.17) is 9.84 Å². The Morgan fingerprint density at radius 1 is 1.03 bits per heavy atom. The van der Waals surface area contributed by atoms with Gasteiger partial charge in [0.2, 0.25) is 5.91 Å². The zero-order chi connectivity index (χ0) is 27.3. The summed E-state index contributed by atoms with van der Waals surface area (Å²) in [6, 6.07) is 14.6.